The molecule has 0 fully saturated rings. The fourth-order valence-electron chi connectivity index (χ4n) is 2.59. The van der Waals surface area contributed by atoms with Crippen molar-refractivity contribution in [3.63, 3.8) is 0 Å². The van der Waals surface area contributed by atoms with Crippen LogP contribution >= 0.6 is 0 Å². The molecule has 0 saturated carbocycles. The first kappa shape index (κ1) is 21.6. The van der Waals surface area contributed by atoms with Crippen LogP contribution in [0.4, 0.5) is 11.4 Å². The van der Waals surface area contributed by atoms with Crippen molar-refractivity contribution in [1.29, 1.82) is 0 Å². The summed E-state index contributed by atoms with van der Waals surface area (Å²) in [5.74, 6) is -0.631. The Bertz CT molecular complexity index is 969. The van der Waals surface area contributed by atoms with Crippen LogP contribution in [0.5, 0.6) is 0 Å². The summed E-state index contributed by atoms with van der Waals surface area (Å²) in [6.45, 7) is 6.73. The topological polar surface area (TPSA) is 95.6 Å². The van der Waals surface area contributed by atoms with Gasteiger partial charge >= 0.3 is 0 Å². The molecule has 0 heterocycles. The minimum absolute atomic E-state index is 0.171. The number of amides is 2. The molecule has 2 aromatic rings. The third kappa shape index (κ3) is 5.40. The summed E-state index contributed by atoms with van der Waals surface area (Å²) in [6, 6.07) is 11.5. The van der Waals surface area contributed by atoms with Gasteiger partial charge in [0, 0.05) is 24.8 Å². The van der Waals surface area contributed by atoms with E-state index in [4.69, 9.17) is 0 Å². The van der Waals surface area contributed by atoms with Crippen LogP contribution in [0.2, 0.25) is 0 Å². The highest BCUT2D eigenvalue weighted by atomic mass is 32.2. The highest BCUT2D eigenvalue weighted by molar-refractivity contribution is 7.89. The molecule has 150 valence electrons. The Labute approximate surface area is 165 Å². The number of hydrogen-bond donors (Lipinski definition) is 2. The van der Waals surface area contributed by atoms with Crippen LogP contribution in [0, 0.1) is 13.8 Å². The lowest BCUT2D eigenvalue weighted by molar-refractivity contribution is -0.116. The van der Waals surface area contributed by atoms with Crippen molar-refractivity contribution in [2.75, 3.05) is 23.7 Å². The number of carbonyl (C=O) groups excluding carboxylic acids is 2. The predicted molar refractivity (Wildman–Crippen MR) is 110 cm³/mol. The number of benzene rings is 2. The molecule has 8 heteroatoms. The predicted octanol–water partition coefficient (Wildman–Crippen LogP) is 2.91. The van der Waals surface area contributed by atoms with E-state index >= 15 is 0 Å². The van der Waals surface area contributed by atoms with Crippen LogP contribution in [-0.4, -0.2) is 37.6 Å². The van der Waals surface area contributed by atoms with Gasteiger partial charge in [-0.1, -0.05) is 13.0 Å². The molecule has 0 aliphatic heterocycles. The van der Waals surface area contributed by atoms with Crippen LogP contribution in [0.15, 0.2) is 47.4 Å². The largest absolute Gasteiger partial charge is 0.326 e. The maximum absolute atomic E-state index is 12.9. The minimum Gasteiger partial charge on any atom is -0.326 e. The Balaban J connectivity index is 2.09. The van der Waals surface area contributed by atoms with Gasteiger partial charge in [-0.15, -0.1) is 0 Å². The van der Waals surface area contributed by atoms with E-state index in [1.807, 2.05) is 13.8 Å². The monoisotopic (exact) mass is 403 g/mol. The minimum atomic E-state index is -3.77. The van der Waals surface area contributed by atoms with Gasteiger partial charge < -0.3 is 10.6 Å². The number of nitrogens with one attached hydrogen (secondary N) is 2. The SMILES string of the molecule is CCN(CC(=O)Nc1ccc(NC(C)=O)cc1)S(=O)(=O)c1ccc(C)c(C)c1. The molecule has 0 radical (unpaired) electrons. The van der Waals surface area contributed by atoms with Crippen LogP contribution < -0.4 is 10.6 Å². The van der Waals surface area contributed by atoms with Crippen LogP contribution in [-0.2, 0) is 19.6 Å². The Morgan fingerprint density at radius 2 is 1.50 bits per heavy atom. The van der Waals surface area contributed by atoms with Crippen molar-refractivity contribution in [2.24, 2.45) is 0 Å². The van der Waals surface area contributed by atoms with Crippen molar-refractivity contribution in [2.45, 2.75) is 32.6 Å². The summed E-state index contributed by atoms with van der Waals surface area (Å²) >= 11 is 0. The molecular weight excluding hydrogens is 378 g/mol. The van der Waals surface area contributed by atoms with E-state index in [2.05, 4.69) is 10.6 Å². The first-order chi connectivity index (χ1) is 13.1. The average Bonchev–Trinajstić information content (AvgIpc) is 2.63. The summed E-state index contributed by atoms with van der Waals surface area (Å²) in [6.07, 6.45) is 0. The number of carbonyl (C=O) groups is 2. The van der Waals surface area contributed by atoms with Gasteiger partial charge in [0.05, 0.1) is 11.4 Å². The second-order valence-electron chi connectivity index (χ2n) is 6.48. The van der Waals surface area contributed by atoms with Crippen LogP contribution in [0.25, 0.3) is 0 Å². The van der Waals surface area contributed by atoms with Crippen molar-refractivity contribution >= 4 is 33.2 Å². The first-order valence-electron chi connectivity index (χ1n) is 8.88. The number of likely N-dealkylation sites (N-methyl/N-ethyl adjacent to an activating group) is 1. The molecule has 0 aromatic heterocycles. The number of aryl methyl sites for hydroxylation is 2. The standard InChI is InChI=1S/C20H25N3O4S/c1-5-23(28(26,27)19-11-6-14(2)15(3)12-19)13-20(25)22-18-9-7-17(8-10-18)21-16(4)24/h6-12H,5,13H2,1-4H3,(H,21,24)(H,22,25). The summed E-state index contributed by atoms with van der Waals surface area (Å²) in [5.41, 5.74) is 3.00. The number of rotatable bonds is 7. The average molecular weight is 404 g/mol. The van der Waals surface area contributed by atoms with E-state index in [9.17, 15) is 18.0 Å². The molecule has 0 saturated heterocycles. The second-order valence-corrected chi connectivity index (χ2v) is 8.42. The van der Waals surface area contributed by atoms with E-state index in [0.29, 0.717) is 11.4 Å². The van der Waals surface area contributed by atoms with Gasteiger partial charge in [-0.05, 0) is 61.4 Å². The molecule has 2 aromatic carbocycles. The van der Waals surface area contributed by atoms with E-state index in [-0.39, 0.29) is 23.9 Å². The number of anilines is 2. The number of hydrogen-bond acceptors (Lipinski definition) is 4. The van der Waals surface area contributed by atoms with Crippen LogP contribution in [0.3, 0.4) is 0 Å². The molecule has 0 bridgehead atoms. The van der Waals surface area contributed by atoms with Gasteiger partial charge in [-0.3, -0.25) is 9.59 Å². The summed E-state index contributed by atoms with van der Waals surface area (Å²) in [5, 5.41) is 5.31. The van der Waals surface area contributed by atoms with Crippen molar-refractivity contribution in [1.82, 2.24) is 4.31 Å². The van der Waals surface area contributed by atoms with Gasteiger partial charge in [0.15, 0.2) is 0 Å². The van der Waals surface area contributed by atoms with Gasteiger partial charge in [0.2, 0.25) is 21.8 Å². The van der Waals surface area contributed by atoms with Gasteiger partial charge in [-0.2, -0.15) is 4.31 Å². The van der Waals surface area contributed by atoms with E-state index in [0.717, 1.165) is 15.4 Å². The fraction of sp³-hybridized carbons (Fsp3) is 0.300. The number of nitrogens with zero attached hydrogens (tertiary/aromatic N) is 1. The molecular formula is C20H25N3O4S. The van der Waals surface area contributed by atoms with E-state index in [1.165, 1.54) is 6.92 Å². The Morgan fingerprint density at radius 3 is 2.00 bits per heavy atom. The molecule has 0 unspecified atom stereocenters. The molecule has 0 spiro atoms. The molecule has 2 amide bonds. The molecule has 0 aliphatic rings. The maximum Gasteiger partial charge on any atom is 0.243 e. The summed E-state index contributed by atoms with van der Waals surface area (Å²) < 4.78 is 26.9. The fourth-order valence-corrected chi connectivity index (χ4v) is 4.08. The molecule has 2 rings (SSSR count). The summed E-state index contributed by atoms with van der Waals surface area (Å²) in [7, 11) is -3.77. The zero-order chi connectivity index (χ0) is 20.9. The Morgan fingerprint density at radius 1 is 0.929 bits per heavy atom. The lowest BCUT2D eigenvalue weighted by Gasteiger charge is -2.20. The summed E-state index contributed by atoms with van der Waals surface area (Å²) in [4.78, 5) is 23.6. The second kappa shape index (κ2) is 8.99. The van der Waals surface area contributed by atoms with Gasteiger partial charge in [0.1, 0.15) is 0 Å². The zero-order valence-electron chi connectivity index (χ0n) is 16.4. The van der Waals surface area contributed by atoms with Crippen LogP contribution in [0.1, 0.15) is 25.0 Å². The van der Waals surface area contributed by atoms with Gasteiger partial charge in [0.25, 0.3) is 0 Å². The Kier molecular flexibility index (Phi) is 6.93. The Hall–Kier alpha value is -2.71. The highest BCUT2D eigenvalue weighted by Gasteiger charge is 2.25. The molecule has 7 nitrogen and oxygen atoms in total. The lowest BCUT2D eigenvalue weighted by Crippen LogP contribution is -2.37. The third-order valence-corrected chi connectivity index (χ3v) is 6.19. The first-order valence-corrected chi connectivity index (χ1v) is 10.3. The quantitative estimate of drug-likeness (QED) is 0.743. The molecule has 0 atom stereocenters. The van der Waals surface area contributed by atoms with E-state index in [1.54, 1.807) is 49.4 Å². The molecule has 2 N–H and O–H groups in total. The van der Waals surface area contributed by atoms with Gasteiger partial charge in [-0.25, -0.2) is 8.42 Å². The van der Waals surface area contributed by atoms with Crippen molar-refractivity contribution in [3.8, 4) is 0 Å². The number of sulfonamides is 1. The maximum atomic E-state index is 12.9. The highest BCUT2D eigenvalue weighted by Crippen LogP contribution is 2.19. The van der Waals surface area contributed by atoms with Crippen molar-refractivity contribution in [3.05, 3.63) is 53.6 Å². The van der Waals surface area contributed by atoms with Crippen molar-refractivity contribution < 1.29 is 18.0 Å². The smallest absolute Gasteiger partial charge is 0.243 e. The molecule has 28 heavy (non-hydrogen) atoms. The molecule has 0 aliphatic carbocycles. The third-order valence-electron chi connectivity index (χ3n) is 4.28. The normalized spacial score (nSPS) is 11.3. The lowest BCUT2D eigenvalue weighted by atomic mass is 10.1. The van der Waals surface area contributed by atoms with E-state index < -0.39 is 15.9 Å². The zero-order valence-corrected chi connectivity index (χ0v) is 17.3.